The van der Waals surface area contributed by atoms with Crippen molar-refractivity contribution in [3.8, 4) is 0 Å². The number of benzene rings is 1. The molecule has 0 radical (unpaired) electrons. The molecule has 0 bridgehead atoms. The van der Waals surface area contributed by atoms with Gasteiger partial charge in [0.05, 0.1) is 18.1 Å². The largest absolute Gasteiger partial charge is 0.394 e. The van der Waals surface area contributed by atoms with Gasteiger partial charge in [0.2, 0.25) is 5.91 Å². The van der Waals surface area contributed by atoms with E-state index < -0.39 is 5.54 Å². The average Bonchev–Trinajstić information content (AvgIpc) is 2.88. The molecular formula is C16H24N2O2. The predicted octanol–water partition coefficient (Wildman–Crippen LogP) is 1.40. The Kier molecular flexibility index (Phi) is 4.78. The smallest absolute Gasteiger partial charge is 0.224 e. The van der Waals surface area contributed by atoms with Crippen molar-refractivity contribution in [2.75, 3.05) is 19.7 Å². The molecule has 1 aliphatic heterocycles. The summed E-state index contributed by atoms with van der Waals surface area (Å²) in [5.41, 5.74) is 0.744. The zero-order valence-electron chi connectivity index (χ0n) is 12.3. The summed E-state index contributed by atoms with van der Waals surface area (Å²) >= 11 is 0. The molecule has 1 amide bonds. The third-order valence-corrected chi connectivity index (χ3v) is 3.75. The van der Waals surface area contributed by atoms with Gasteiger partial charge in [0.15, 0.2) is 0 Å². The van der Waals surface area contributed by atoms with Gasteiger partial charge in [-0.15, -0.1) is 0 Å². The second-order valence-electron chi connectivity index (χ2n) is 6.24. The Hall–Kier alpha value is -1.39. The zero-order valence-corrected chi connectivity index (χ0v) is 12.3. The van der Waals surface area contributed by atoms with E-state index in [9.17, 15) is 9.90 Å². The predicted molar refractivity (Wildman–Crippen MR) is 79.1 cm³/mol. The maximum atomic E-state index is 12.2. The van der Waals surface area contributed by atoms with E-state index in [1.165, 1.54) is 5.56 Å². The maximum absolute atomic E-state index is 12.2. The molecule has 0 aliphatic carbocycles. The molecule has 4 nitrogen and oxygen atoms in total. The second-order valence-corrected chi connectivity index (χ2v) is 6.24. The zero-order chi connectivity index (χ0) is 14.6. The van der Waals surface area contributed by atoms with Crippen LogP contribution in [0.4, 0.5) is 0 Å². The number of amides is 1. The number of nitrogens with zero attached hydrogens (tertiary/aromatic N) is 1. The van der Waals surface area contributed by atoms with E-state index in [1.54, 1.807) is 0 Å². The Morgan fingerprint density at radius 2 is 2.10 bits per heavy atom. The van der Waals surface area contributed by atoms with Gasteiger partial charge in [0, 0.05) is 13.1 Å². The van der Waals surface area contributed by atoms with Gasteiger partial charge in [-0.05, 0) is 32.4 Å². The Labute approximate surface area is 120 Å². The van der Waals surface area contributed by atoms with Crippen LogP contribution in [-0.4, -0.2) is 41.1 Å². The van der Waals surface area contributed by atoms with E-state index in [-0.39, 0.29) is 18.4 Å². The highest BCUT2D eigenvalue weighted by Gasteiger charge is 2.31. The normalized spacial score (nSPS) is 20.1. The first kappa shape index (κ1) is 15.0. The van der Waals surface area contributed by atoms with Gasteiger partial charge >= 0.3 is 0 Å². The summed E-state index contributed by atoms with van der Waals surface area (Å²) in [7, 11) is 0. The van der Waals surface area contributed by atoms with Crippen molar-refractivity contribution in [2.45, 2.75) is 32.4 Å². The number of aliphatic hydroxyl groups is 1. The van der Waals surface area contributed by atoms with Crippen LogP contribution in [0.3, 0.4) is 0 Å². The standard InChI is InChI=1S/C16H24N2O2/c1-16(2,12-19)17-15(20)14-8-9-18(11-14)10-13-6-4-3-5-7-13/h3-7,14,19H,8-12H2,1-2H3,(H,17,20). The van der Waals surface area contributed by atoms with Crippen LogP contribution in [0.25, 0.3) is 0 Å². The minimum atomic E-state index is -0.538. The average molecular weight is 276 g/mol. The number of likely N-dealkylation sites (tertiary alicyclic amines) is 1. The molecule has 1 fully saturated rings. The Balaban J connectivity index is 1.84. The highest BCUT2D eigenvalue weighted by molar-refractivity contribution is 5.79. The lowest BCUT2D eigenvalue weighted by atomic mass is 10.0. The lowest BCUT2D eigenvalue weighted by Crippen LogP contribution is -2.49. The van der Waals surface area contributed by atoms with Crippen molar-refractivity contribution in [3.63, 3.8) is 0 Å². The quantitative estimate of drug-likeness (QED) is 0.854. The molecule has 0 spiro atoms. The van der Waals surface area contributed by atoms with Gasteiger partial charge in [0.1, 0.15) is 0 Å². The molecule has 2 N–H and O–H groups in total. The fraction of sp³-hybridized carbons (Fsp3) is 0.562. The van der Waals surface area contributed by atoms with E-state index in [4.69, 9.17) is 0 Å². The molecule has 1 aliphatic rings. The fourth-order valence-corrected chi connectivity index (χ4v) is 2.51. The number of aliphatic hydroxyl groups excluding tert-OH is 1. The minimum absolute atomic E-state index is 0.0320. The summed E-state index contributed by atoms with van der Waals surface area (Å²) in [5.74, 6) is 0.0872. The molecule has 1 unspecified atom stereocenters. The Bertz CT molecular complexity index is 445. The lowest BCUT2D eigenvalue weighted by Gasteiger charge is -2.25. The molecule has 1 aromatic rings. The minimum Gasteiger partial charge on any atom is -0.394 e. The van der Waals surface area contributed by atoms with Crippen LogP contribution in [0.15, 0.2) is 30.3 Å². The summed E-state index contributed by atoms with van der Waals surface area (Å²) in [5, 5.41) is 12.1. The monoisotopic (exact) mass is 276 g/mol. The number of nitrogens with one attached hydrogen (secondary N) is 1. The summed E-state index contributed by atoms with van der Waals surface area (Å²) < 4.78 is 0. The topological polar surface area (TPSA) is 52.6 Å². The summed E-state index contributed by atoms with van der Waals surface area (Å²) in [6.45, 7) is 6.27. The van der Waals surface area contributed by atoms with Crippen molar-refractivity contribution in [1.82, 2.24) is 10.2 Å². The number of rotatable bonds is 5. The van der Waals surface area contributed by atoms with Crippen molar-refractivity contribution in [3.05, 3.63) is 35.9 Å². The van der Waals surface area contributed by atoms with Gasteiger partial charge in [-0.25, -0.2) is 0 Å². The first-order valence-corrected chi connectivity index (χ1v) is 7.19. The molecular weight excluding hydrogens is 252 g/mol. The van der Waals surface area contributed by atoms with Gasteiger partial charge < -0.3 is 10.4 Å². The highest BCUT2D eigenvalue weighted by atomic mass is 16.3. The van der Waals surface area contributed by atoms with E-state index in [0.29, 0.717) is 0 Å². The van der Waals surface area contributed by atoms with Gasteiger partial charge in [-0.3, -0.25) is 9.69 Å². The number of hydrogen-bond acceptors (Lipinski definition) is 3. The van der Waals surface area contributed by atoms with Crippen LogP contribution in [0.5, 0.6) is 0 Å². The molecule has 110 valence electrons. The highest BCUT2D eigenvalue weighted by Crippen LogP contribution is 2.19. The Morgan fingerprint density at radius 1 is 1.40 bits per heavy atom. The molecule has 1 aromatic carbocycles. The molecule has 4 heteroatoms. The molecule has 1 saturated heterocycles. The number of carbonyl (C=O) groups is 1. The van der Waals surface area contributed by atoms with Crippen molar-refractivity contribution in [1.29, 1.82) is 0 Å². The van der Waals surface area contributed by atoms with E-state index in [0.717, 1.165) is 26.1 Å². The van der Waals surface area contributed by atoms with Crippen LogP contribution >= 0.6 is 0 Å². The van der Waals surface area contributed by atoms with E-state index in [1.807, 2.05) is 32.0 Å². The SMILES string of the molecule is CC(C)(CO)NC(=O)C1CCN(Cc2ccccc2)C1. The first-order valence-electron chi connectivity index (χ1n) is 7.19. The van der Waals surface area contributed by atoms with E-state index >= 15 is 0 Å². The van der Waals surface area contributed by atoms with Crippen molar-refractivity contribution in [2.24, 2.45) is 5.92 Å². The summed E-state index contributed by atoms with van der Waals surface area (Å²) in [6.07, 6.45) is 0.889. The van der Waals surface area contributed by atoms with Crippen LogP contribution < -0.4 is 5.32 Å². The number of carbonyl (C=O) groups excluding carboxylic acids is 1. The van der Waals surface area contributed by atoms with Gasteiger partial charge in [-0.1, -0.05) is 30.3 Å². The van der Waals surface area contributed by atoms with Crippen LogP contribution in [0.2, 0.25) is 0 Å². The molecule has 0 aromatic heterocycles. The number of hydrogen-bond donors (Lipinski definition) is 2. The third kappa shape index (κ3) is 4.05. The van der Waals surface area contributed by atoms with Gasteiger partial charge in [0.25, 0.3) is 0 Å². The van der Waals surface area contributed by atoms with Crippen molar-refractivity contribution < 1.29 is 9.90 Å². The fourth-order valence-electron chi connectivity index (χ4n) is 2.51. The first-order chi connectivity index (χ1) is 9.50. The Morgan fingerprint density at radius 3 is 2.75 bits per heavy atom. The van der Waals surface area contributed by atoms with Crippen LogP contribution in [0, 0.1) is 5.92 Å². The molecule has 2 rings (SSSR count). The molecule has 0 saturated carbocycles. The second kappa shape index (κ2) is 6.37. The van der Waals surface area contributed by atoms with Crippen molar-refractivity contribution >= 4 is 5.91 Å². The third-order valence-electron chi connectivity index (χ3n) is 3.75. The molecule has 1 atom stereocenters. The molecule has 20 heavy (non-hydrogen) atoms. The van der Waals surface area contributed by atoms with Crippen LogP contribution in [-0.2, 0) is 11.3 Å². The summed E-state index contributed by atoms with van der Waals surface area (Å²) in [6, 6.07) is 10.3. The summed E-state index contributed by atoms with van der Waals surface area (Å²) in [4.78, 5) is 14.5. The maximum Gasteiger partial charge on any atom is 0.224 e. The van der Waals surface area contributed by atoms with Gasteiger partial charge in [-0.2, -0.15) is 0 Å². The van der Waals surface area contributed by atoms with E-state index in [2.05, 4.69) is 22.3 Å². The lowest BCUT2D eigenvalue weighted by molar-refractivity contribution is -0.126. The molecule has 1 heterocycles. The van der Waals surface area contributed by atoms with Crippen LogP contribution in [0.1, 0.15) is 25.8 Å².